The van der Waals surface area contributed by atoms with Gasteiger partial charge in [0.1, 0.15) is 6.26 Å². The molecule has 0 aliphatic heterocycles. The fraction of sp³-hybridized carbons (Fsp3) is 0.300. The van der Waals surface area contributed by atoms with Crippen molar-refractivity contribution in [2.75, 3.05) is 12.4 Å². The molecule has 2 heterocycles. The van der Waals surface area contributed by atoms with Crippen molar-refractivity contribution in [1.29, 1.82) is 0 Å². The van der Waals surface area contributed by atoms with E-state index in [-0.39, 0.29) is 11.7 Å². The van der Waals surface area contributed by atoms with E-state index in [1.807, 2.05) is 0 Å². The van der Waals surface area contributed by atoms with Gasteiger partial charge in [0, 0.05) is 13.1 Å². The molecular formula is C10H12N4O4. The van der Waals surface area contributed by atoms with Crippen molar-refractivity contribution >= 4 is 12.0 Å². The number of nitrogens with one attached hydrogen (secondary N) is 1. The number of aromatic nitrogens is 3. The normalized spacial score (nSPS) is 10.3. The van der Waals surface area contributed by atoms with E-state index in [1.165, 1.54) is 0 Å². The summed E-state index contributed by atoms with van der Waals surface area (Å²) in [5, 5.41) is 15.7. The minimum Gasteiger partial charge on any atom is -0.481 e. The number of rotatable bonds is 5. The van der Waals surface area contributed by atoms with Gasteiger partial charge >= 0.3 is 5.97 Å². The van der Waals surface area contributed by atoms with Crippen LogP contribution in [0.1, 0.15) is 16.2 Å². The molecule has 0 spiro atoms. The van der Waals surface area contributed by atoms with Gasteiger partial charge in [0.25, 0.3) is 6.01 Å². The maximum absolute atomic E-state index is 10.6. The number of aromatic carboxylic acids is 1. The smallest absolute Gasteiger partial charge is 0.357 e. The molecule has 2 aromatic rings. The van der Waals surface area contributed by atoms with Crippen LogP contribution in [0, 0.1) is 0 Å². The van der Waals surface area contributed by atoms with E-state index in [2.05, 4.69) is 15.4 Å². The number of nitrogens with zero attached hydrogens (tertiary/aromatic N) is 3. The summed E-state index contributed by atoms with van der Waals surface area (Å²) in [6.45, 7) is 0.358. The van der Waals surface area contributed by atoms with Gasteiger partial charge in [0.15, 0.2) is 5.69 Å². The Balaban J connectivity index is 1.99. The minimum atomic E-state index is -1.13. The molecule has 8 nitrogen and oxygen atoms in total. The number of aryl methyl sites for hydroxylation is 1. The van der Waals surface area contributed by atoms with Crippen LogP contribution in [0.15, 0.2) is 16.7 Å². The van der Waals surface area contributed by atoms with Gasteiger partial charge in [-0.05, 0) is 0 Å². The molecule has 0 unspecified atom stereocenters. The molecule has 0 saturated carbocycles. The molecule has 96 valence electrons. The number of anilines is 1. The Morgan fingerprint density at radius 3 is 3.00 bits per heavy atom. The maximum Gasteiger partial charge on any atom is 0.357 e. The molecule has 0 bridgehead atoms. The lowest BCUT2D eigenvalue weighted by atomic mass is 10.4. The summed E-state index contributed by atoms with van der Waals surface area (Å²) < 4.78 is 11.6. The molecule has 0 fully saturated rings. The van der Waals surface area contributed by atoms with Crippen LogP contribution in [0.2, 0.25) is 0 Å². The second-order valence-electron chi connectivity index (χ2n) is 3.50. The van der Waals surface area contributed by atoms with E-state index in [0.29, 0.717) is 12.4 Å². The number of hydrogen-bond acceptors (Lipinski definition) is 6. The lowest BCUT2D eigenvalue weighted by molar-refractivity contribution is 0.0690. The van der Waals surface area contributed by atoms with E-state index < -0.39 is 5.97 Å². The maximum atomic E-state index is 10.6. The van der Waals surface area contributed by atoms with E-state index in [9.17, 15) is 4.79 Å². The first-order chi connectivity index (χ1) is 8.60. The Kier molecular flexibility index (Phi) is 3.18. The minimum absolute atomic E-state index is 0.136. The molecule has 0 aliphatic rings. The fourth-order valence-electron chi connectivity index (χ4n) is 1.40. The first kappa shape index (κ1) is 12.0. The third-order valence-electron chi connectivity index (χ3n) is 2.24. The van der Waals surface area contributed by atoms with Crippen LogP contribution in [0.25, 0.3) is 0 Å². The second kappa shape index (κ2) is 4.78. The summed E-state index contributed by atoms with van der Waals surface area (Å²) in [7, 11) is 3.32. The molecule has 0 aromatic carbocycles. The highest BCUT2D eigenvalue weighted by molar-refractivity contribution is 5.85. The zero-order valence-electron chi connectivity index (χ0n) is 9.88. The largest absolute Gasteiger partial charge is 0.481 e. The molecule has 0 radical (unpaired) electrons. The molecular weight excluding hydrogens is 240 g/mol. The summed E-state index contributed by atoms with van der Waals surface area (Å²) >= 11 is 0. The van der Waals surface area contributed by atoms with Crippen molar-refractivity contribution in [1.82, 2.24) is 14.8 Å². The van der Waals surface area contributed by atoms with Crippen molar-refractivity contribution < 1.29 is 19.1 Å². The van der Waals surface area contributed by atoms with Gasteiger partial charge < -0.3 is 19.6 Å². The zero-order chi connectivity index (χ0) is 13.1. The lowest BCUT2D eigenvalue weighted by Crippen LogP contribution is -2.02. The highest BCUT2D eigenvalue weighted by Gasteiger charge is 2.11. The van der Waals surface area contributed by atoms with Crippen molar-refractivity contribution in [3.8, 4) is 5.88 Å². The third kappa shape index (κ3) is 2.42. The highest BCUT2D eigenvalue weighted by Crippen LogP contribution is 2.13. The Morgan fingerprint density at radius 2 is 2.44 bits per heavy atom. The summed E-state index contributed by atoms with van der Waals surface area (Å²) in [4.78, 5) is 14.3. The van der Waals surface area contributed by atoms with Crippen molar-refractivity contribution in [3.05, 3.63) is 23.7 Å². The Morgan fingerprint density at radius 1 is 1.67 bits per heavy atom. The van der Waals surface area contributed by atoms with Crippen molar-refractivity contribution in [2.45, 2.75) is 6.54 Å². The summed E-state index contributed by atoms with van der Waals surface area (Å²) in [6, 6.07) is 1.89. The average Bonchev–Trinajstić information content (AvgIpc) is 2.92. The molecule has 0 amide bonds. The second-order valence-corrected chi connectivity index (χ2v) is 3.50. The lowest BCUT2D eigenvalue weighted by Gasteiger charge is -1.96. The van der Waals surface area contributed by atoms with Gasteiger partial charge in [-0.3, -0.25) is 0 Å². The predicted molar refractivity (Wildman–Crippen MR) is 60.5 cm³/mol. The monoisotopic (exact) mass is 252 g/mol. The quantitative estimate of drug-likeness (QED) is 0.808. The molecule has 0 saturated heterocycles. The number of oxazole rings is 1. The van der Waals surface area contributed by atoms with Crippen molar-refractivity contribution in [3.63, 3.8) is 0 Å². The van der Waals surface area contributed by atoms with Gasteiger partial charge in [-0.15, -0.1) is 0 Å². The fourth-order valence-corrected chi connectivity index (χ4v) is 1.40. The van der Waals surface area contributed by atoms with E-state index in [1.54, 1.807) is 24.9 Å². The van der Waals surface area contributed by atoms with Crippen LogP contribution in [0.4, 0.5) is 6.01 Å². The number of carboxylic acid groups (broad SMARTS) is 1. The number of carboxylic acids is 1. The molecule has 2 aromatic heterocycles. The van der Waals surface area contributed by atoms with Crippen LogP contribution >= 0.6 is 0 Å². The SMILES string of the molecule is COc1cc(CNc2nc(C(=O)O)co2)nn1C. The van der Waals surface area contributed by atoms with E-state index in [0.717, 1.165) is 12.0 Å². The molecule has 18 heavy (non-hydrogen) atoms. The highest BCUT2D eigenvalue weighted by atomic mass is 16.5. The predicted octanol–water partition coefficient (Wildman–Crippen LogP) is 0.727. The van der Waals surface area contributed by atoms with Gasteiger partial charge in [-0.2, -0.15) is 10.1 Å². The molecule has 2 rings (SSSR count). The first-order valence-electron chi connectivity index (χ1n) is 5.09. The molecule has 2 N–H and O–H groups in total. The Hall–Kier alpha value is -2.51. The third-order valence-corrected chi connectivity index (χ3v) is 2.24. The van der Waals surface area contributed by atoms with Gasteiger partial charge in [0.05, 0.1) is 19.3 Å². The van der Waals surface area contributed by atoms with Crippen LogP contribution < -0.4 is 10.1 Å². The number of ether oxygens (including phenoxy) is 1. The van der Waals surface area contributed by atoms with Crippen LogP contribution in [-0.4, -0.2) is 33.0 Å². The first-order valence-corrected chi connectivity index (χ1v) is 5.09. The van der Waals surface area contributed by atoms with E-state index in [4.69, 9.17) is 14.3 Å². The van der Waals surface area contributed by atoms with E-state index >= 15 is 0 Å². The number of hydrogen-bond donors (Lipinski definition) is 2. The molecule has 0 aliphatic carbocycles. The summed E-state index contributed by atoms with van der Waals surface area (Å²) in [6.07, 6.45) is 1.07. The molecule has 0 atom stereocenters. The van der Waals surface area contributed by atoms with Crippen LogP contribution in [0.5, 0.6) is 5.88 Å². The van der Waals surface area contributed by atoms with Crippen LogP contribution in [0.3, 0.4) is 0 Å². The Labute approximate surface area is 102 Å². The zero-order valence-corrected chi connectivity index (χ0v) is 9.88. The number of methoxy groups -OCH3 is 1. The topological polar surface area (TPSA) is 102 Å². The van der Waals surface area contributed by atoms with Crippen molar-refractivity contribution in [2.24, 2.45) is 7.05 Å². The van der Waals surface area contributed by atoms with Gasteiger partial charge in [-0.25, -0.2) is 9.48 Å². The summed E-state index contributed by atoms with van der Waals surface area (Å²) in [5.41, 5.74) is 0.584. The van der Waals surface area contributed by atoms with Crippen LogP contribution in [-0.2, 0) is 13.6 Å². The van der Waals surface area contributed by atoms with Gasteiger partial charge in [-0.1, -0.05) is 0 Å². The molecule has 8 heteroatoms. The summed E-state index contributed by atoms with van der Waals surface area (Å²) in [5.74, 6) is -0.503. The number of carbonyl (C=O) groups is 1. The standard InChI is InChI=1S/C10H12N4O4/c1-14-8(17-2)3-6(13-14)4-11-10-12-7(5-18-10)9(15)16/h3,5H,4H2,1-2H3,(H,11,12)(H,15,16). The average molecular weight is 252 g/mol. The van der Waals surface area contributed by atoms with Gasteiger partial charge in [0.2, 0.25) is 5.88 Å². The Bertz CT molecular complexity index is 560.